The lowest BCUT2D eigenvalue weighted by molar-refractivity contribution is 0.0974. The number of aromatic nitrogens is 1. The molecule has 1 unspecified atom stereocenters. The first-order chi connectivity index (χ1) is 14.3. The molecule has 0 saturated carbocycles. The molecule has 0 aliphatic heterocycles. The first-order valence-corrected chi connectivity index (χ1v) is 10.0. The van der Waals surface area contributed by atoms with Gasteiger partial charge in [-0.25, -0.2) is 0 Å². The summed E-state index contributed by atoms with van der Waals surface area (Å²) in [5.41, 5.74) is 3.55. The van der Waals surface area contributed by atoms with Crippen molar-refractivity contribution in [1.82, 2.24) is 4.37 Å². The van der Waals surface area contributed by atoms with Gasteiger partial charge in [-0.05, 0) is 34.8 Å². The summed E-state index contributed by atoms with van der Waals surface area (Å²) < 4.78 is 9.62. The van der Waals surface area contributed by atoms with E-state index in [9.17, 15) is 4.79 Å². The molecule has 1 heterocycles. The Bertz CT molecular complexity index is 1090. The van der Waals surface area contributed by atoms with E-state index in [2.05, 4.69) is 9.69 Å². The highest BCUT2D eigenvalue weighted by atomic mass is 32.1. The average molecular weight is 401 g/mol. The lowest BCUT2D eigenvalue weighted by atomic mass is 9.97. The van der Waals surface area contributed by atoms with Gasteiger partial charge in [-0.3, -0.25) is 4.79 Å². The molecule has 1 N–H and O–H groups in total. The van der Waals surface area contributed by atoms with Crippen LogP contribution in [0, 0.1) is 0 Å². The van der Waals surface area contributed by atoms with Crippen LogP contribution in [0.1, 0.15) is 21.3 Å². The number of methoxy groups -OCH3 is 1. The van der Waals surface area contributed by atoms with Crippen molar-refractivity contribution in [3.63, 3.8) is 0 Å². The predicted molar refractivity (Wildman–Crippen MR) is 118 cm³/mol. The van der Waals surface area contributed by atoms with Crippen molar-refractivity contribution in [2.75, 3.05) is 12.4 Å². The van der Waals surface area contributed by atoms with Gasteiger partial charge < -0.3 is 10.1 Å². The van der Waals surface area contributed by atoms with E-state index >= 15 is 0 Å². The molecule has 0 fully saturated rings. The molecule has 5 heteroatoms. The molecular formula is C24H20N2O2S. The van der Waals surface area contributed by atoms with Crippen LogP contribution >= 0.6 is 11.5 Å². The maximum Gasteiger partial charge on any atom is 0.201 e. The second-order valence-corrected chi connectivity index (χ2v) is 7.32. The van der Waals surface area contributed by atoms with Crippen molar-refractivity contribution < 1.29 is 9.53 Å². The molecule has 0 aliphatic carbocycles. The van der Waals surface area contributed by atoms with E-state index in [0.717, 1.165) is 28.1 Å². The molecule has 0 spiro atoms. The third kappa shape index (κ3) is 4.20. The quantitative estimate of drug-likeness (QED) is 0.395. The summed E-state index contributed by atoms with van der Waals surface area (Å²) in [5.74, 6) is 0.720. The van der Waals surface area contributed by atoms with Gasteiger partial charge in [0.2, 0.25) is 5.78 Å². The lowest BCUT2D eigenvalue weighted by Crippen LogP contribution is -2.21. The second-order valence-electron chi connectivity index (χ2n) is 6.52. The number of hydrogen-bond acceptors (Lipinski definition) is 5. The first-order valence-electron chi connectivity index (χ1n) is 9.26. The topological polar surface area (TPSA) is 51.2 Å². The largest absolute Gasteiger partial charge is 0.497 e. The Morgan fingerprint density at radius 3 is 2.41 bits per heavy atom. The molecule has 0 radical (unpaired) electrons. The van der Waals surface area contributed by atoms with Crippen LogP contribution in [0.5, 0.6) is 5.75 Å². The summed E-state index contributed by atoms with van der Waals surface area (Å²) >= 11 is 1.23. The van der Waals surface area contributed by atoms with Crippen molar-refractivity contribution >= 4 is 23.0 Å². The van der Waals surface area contributed by atoms with E-state index in [-0.39, 0.29) is 5.78 Å². The highest BCUT2D eigenvalue weighted by Crippen LogP contribution is 2.32. The molecule has 0 saturated heterocycles. The minimum absolute atomic E-state index is 0.0135. The summed E-state index contributed by atoms with van der Waals surface area (Å²) in [6.07, 6.45) is 1.76. The van der Waals surface area contributed by atoms with Crippen LogP contribution in [0.2, 0.25) is 0 Å². The Labute approximate surface area is 174 Å². The summed E-state index contributed by atoms with van der Waals surface area (Å²) in [5, 5.41) is 3.39. The molecule has 1 aromatic heterocycles. The Morgan fingerprint density at radius 2 is 1.69 bits per heavy atom. The van der Waals surface area contributed by atoms with Crippen LogP contribution in [-0.4, -0.2) is 17.3 Å². The molecule has 144 valence electrons. The number of ketones is 1. The molecule has 4 aromatic rings. The minimum Gasteiger partial charge on any atom is -0.497 e. The number of benzene rings is 3. The van der Waals surface area contributed by atoms with E-state index in [1.807, 2.05) is 84.9 Å². The number of anilines is 1. The fourth-order valence-electron chi connectivity index (χ4n) is 3.20. The number of hydrogen-bond donors (Lipinski definition) is 1. The summed E-state index contributed by atoms with van der Waals surface area (Å²) in [6.45, 7) is 0. The average Bonchev–Trinajstić information content (AvgIpc) is 3.28. The van der Waals surface area contributed by atoms with Crippen molar-refractivity contribution in [3.8, 4) is 16.9 Å². The number of ether oxygens (including phenoxy) is 1. The number of carbonyl (C=O) groups is 1. The summed E-state index contributed by atoms with van der Waals surface area (Å²) in [7, 11) is 1.63. The van der Waals surface area contributed by atoms with Crippen LogP contribution in [0.25, 0.3) is 11.1 Å². The van der Waals surface area contributed by atoms with Gasteiger partial charge in [0.15, 0.2) is 0 Å². The molecule has 4 rings (SSSR count). The van der Waals surface area contributed by atoms with Gasteiger partial charge >= 0.3 is 0 Å². The third-order valence-electron chi connectivity index (χ3n) is 4.65. The van der Waals surface area contributed by atoms with Crippen LogP contribution in [0.4, 0.5) is 5.69 Å². The molecule has 1 atom stereocenters. The van der Waals surface area contributed by atoms with Crippen molar-refractivity contribution in [2.45, 2.75) is 6.04 Å². The second kappa shape index (κ2) is 8.71. The zero-order valence-electron chi connectivity index (χ0n) is 15.9. The molecular weight excluding hydrogens is 380 g/mol. The van der Waals surface area contributed by atoms with E-state index in [0.29, 0.717) is 4.88 Å². The molecule has 29 heavy (non-hydrogen) atoms. The van der Waals surface area contributed by atoms with E-state index in [1.54, 1.807) is 13.3 Å². The highest BCUT2D eigenvalue weighted by molar-refractivity contribution is 7.08. The van der Waals surface area contributed by atoms with Gasteiger partial charge in [-0.15, -0.1) is 0 Å². The zero-order valence-corrected chi connectivity index (χ0v) is 16.7. The van der Waals surface area contributed by atoms with Gasteiger partial charge in [0.1, 0.15) is 16.7 Å². The van der Waals surface area contributed by atoms with E-state index in [1.165, 1.54) is 11.5 Å². The fourth-order valence-corrected chi connectivity index (χ4v) is 3.94. The van der Waals surface area contributed by atoms with Crippen LogP contribution in [0.3, 0.4) is 0 Å². The van der Waals surface area contributed by atoms with Gasteiger partial charge in [-0.2, -0.15) is 4.37 Å². The monoisotopic (exact) mass is 400 g/mol. The first kappa shape index (κ1) is 18.9. The van der Waals surface area contributed by atoms with Crippen LogP contribution < -0.4 is 10.1 Å². The SMILES string of the molecule is COc1cccc(NC(C(=O)c2sncc2-c2ccccc2)c2ccccc2)c1. The van der Waals surface area contributed by atoms with Crippen molar-refractivity contribution in [2.24, 2.45) is 0 Å². The normalized spacial score (nSPS) is 11.6. The maximum atomic E-state index is 13.6. The lowest BCUT2D eigenvalue weighted by Gasteiger charge is -2.20. The van der Waals surface area contributed by atoms with E-state index in [4.69, 9.17) is 4.74 Å². The molecule has 0 amide bonds. The molecule has 4 nitrogen and oxygen atoms in total. The van der Waals surface area contributed by atoms with Crippen LogP contribution in [0.15, 0.2) is 91.1 Å². The number of Topliss-reactive ketones (excluding diaryl/α,β-unsaturated/α-hetero) is 1. The van der Waals surface area contributed by atoms with Gasteiger partial charge in [0.05, 0.1) is 7.11 Å². The Kier molecular flexibility index (Phi) is 5.68. The summed E-state index contributed by atoms with van der Waals surface area (Å²) in [6, 6.07) is 26.7. The van der Waals surface area contributed by atoms with E-state index < -0.39 is 6.04 Å². The van der Waals surface area contributed by atoms with Gasteiger partial charge in [-0.1, -0.05) is 66.7 Å². The maximum absolute atomic E-state index is 13.6. The molecule has 0 bridgehead atoms. The zero-order chi connectivity index (χ0) is 20.1. The highest BCUT2D eigenvalue weighted by Gasteiger charge is 2.26. The number of rotatable bonds is 7. The van der Waals surface area contributed by atoms with Crippen LogP contribution in [-0.2, 0) is 0 Å². The Morgan fingerprint density at radius 1 is 0.966 bits per heavy atom. The predicted octanol–water partition coefficient (Wildman–Crippen LogP) is 5.85. The van der Waals surface area contributed by atoms with Gasteiger partial charge in [0, 0.05) is 23.5 Å². The van der Waals surface area contributed by atoms with Gasteiger partial charge in [0.25, 0.3) is 0 Å². The fraction of sp³-hybridized carbons (Fsp3) is 0.0833. The van der Waals surface area contributed by atoms with Crippen molar-refractivity contribution in [1.29, 1.82) is 0 Å². The standard InChI is InChI=1S/C24H20N2O2S/c1-28-20-14-8-13-19(15-20)26-22(18-11-6-3-7-12-18)23(27)24-21(16-25-29-24)17-9-4-2-5-10-17/h2-16,22,26H,1H3. The summed E-state index contributed by atoms with van der Waals surface area (Å²) in [4.78, 5) is 14.3. The smallest absolute Gasteiger partial charge is 0.201 e. The minimum atomic E-state index is -0.536. The third-order valence-corrected chi connectivity index (χ3v) is 5.47. The number of nitrogens with zero attached hydrogens (tertiary/aromatic N) is 1. The Hall–Kier alpha value is -3.44. The molecule has 0 aliphatic rings. The number of carbonyl (C=O) groups excluding carboxylic acids is 1. The number of nitrogens with one attached hydrogen (secondary N) is 1. The van der Waals surface area contributed by atoms with Crippen molar-refractivity contribution in [3.05, 3.63) is 102 Å². The molecule has 3 aromatic carbocycles. The Balaban J connectivity index is 1.72.